The number of aromatic nitrogens is 1. The smallest absolute Gasteiger partial charge is 0.303 e. The third-order valence-electron chi connectivity index (χ3n) is 3.98. The lowest BCUT2D eigenvalue weighted by atomic mass is 10.1. The van der Waals surface area contributed by atoms with E-state index in [1.54, 1.807) is 11.3 Å². The SMILES string of the molecule is O=C(O)CCCCC(=O)Cc1nc2ccc(-c3ccccc3)cc2s1. The van der Waals surface area contributed by atoms with Crippen LogP contribution in [0.2, 0.25) is 0 Å². The Hall–Kier alpha value is -2.53. The molecule has 0 aliphatic rings. The van der Waals surface area contributed by atoms with E-state index in [0.29, 0.717) is 25.7 Å². The summed E-state index contributed by atoms with van der Waals surface area (Å²) in [5, 5.41) is 9.43. The molecule has 25 heavy (non-hydrogen) atoms. The molecule has 128 valence electrons. The molecule has 0 amide bonds. The number of aliphatic carboxylic acids is 1. The van der Waals surface area contributed by atoms with Gasteiger partial charge in [0, 0.05) is 12.8 Å². The number of unbranched alkanes of at least 4 members (excludes halogenated alkanes) is 1. The highest BCUT2D eigenvalue weighted by molar-refractivity contribution is 7.18. The van der Waals surface area contributed by atoms with Gasteiger partial charge in [0.1, 0.15) is 10.8 Å². The predicted octanol–water partition coefficient (Wildman–Crippen LogP) is 4.72. The zero-order valence-electron chi connectivity index (χ0n) is 13.8. The van der Waals surface area contributed by atoms with Crippen molar-refractivity contribution in [2.45, 2.75) is 32.1 Å². The number of rotatable bonds is 8. The molecule has 0 aliphatic carbocycles. The van der Waals surface area contributed by atoms with Crippen molar-refractivity contribution in [2.24, 2.45) is 0 Å². The number of carbonyl (C=O) groups excluding carboxylic acids is 1. The Morgan fingerprint density at radius 3 is 2.48 bits per heavy atom. The topological polar surface area (TPSA) is 67.3 Å². The maximum atomic E-state index is 12.0. The summed E-state index contributed by atoms with van der Waals surface area (Å²) in [6.07, 6.45) is 2.03. The van der Waals surface area contributed by atoms with Gasteiger partial charge in [0.25, 0.3) is 0 Å². The third-order valence-corrected chi connectivity index (χ3v) is 5.00. The maximum Gasteiger partial charge on any atom is 0.303 e. The average Bonchev–Trinajstić information content (AvgIpc) is 3.00. The lowest BCUT2D eigenvalue weighted by Crippen LogP contribution is -2.03. The van der Waals surface area contributed by atoms with Crippen LogP contribution >= 0.6 is 11.3 Å². The first-order valence-electron chi connectivity index (χ1n) is 8.30. The number of hydrogen-bond acceptors (Lipinski definition) is 4. The van der Waals surface area contributed by atoms with Crippen LogP contribution < -0.4 is 0 Å². The van der Waals surface area contributed by atoms with E-state index in [2.05, 4.69) is 29.2 Å². The van der Waals surface area contributed by atoms with E-state index in [4.69, 9.17) is 5.11 Å². The first kappa shape index (κ1) is 17.3. The van der Waals surface area contributed by atoms with Crippen LogP contribution in [0.4, 0.5) is 0 Å². The Kier molecular flexibility index (Phi) is 5.56. The molecule has 2 aromatic carbocycles. The number of carboxylic acid groups (broad SMARTS) is 1. The first-order valence-corrected chi connectivity index (χ1v) is 9.12. The molecule has 0 aliphatic heterocycles. The quantitative estimate of drug-likeness (QED) is 0.595. The van der Waals surface area contributed by atoms with Crippen molar-refractivity contribution in [2.75, 3.05) is 0 Å². The van der Waals surface area contributed by atoms with Crippen molar-refractivity contribution in [3.05, 3.63) is 53.5 Å². The normalized spacial score (nSPS) is 10.9. The van der Waals surface area contributed by atoms with Crippen LogP contribution in [-0.2, 0) is 16.0 Å². The van der Waals surface area contributed by atoms with Crippen molar-refractivity contribution in [3.8, 4) is 11.1 Å². The molecule has 0 saturated carbocycles. The van der Waals surface area contributed by atoms with Gasteiger partial charge in [-0.15, -0.1) is 11.3 Å². The summed E-state index contributed by atoms with van der Waals surface area (Å²) in [5.41, 5.74) is 3.22. The fraction of sp³-hybridized carbons (Fsp3) is 0.250. The molecule has 0 unspecified atom stereocenters. The van der Waals surface area contributed by atoms with Crippen LogP contribution in [0.3, 0.4) is 0 Å². The minimum atomic E-state index is -0.812. The van der Waals surface area contributed by atoms with E-state index in [1.807, 2.05) is 24.3 Å². The number of thiazole rings is 1. The van der Waals surface area contributed by atoms with Gasteiger partial charge in [-0.2, -0.15) is 0 Å². The van der Waals surface area contributed by atoms with E-state index in [9.17, 15) is 9.59 Å². The number of carboxylic acids is 1. The van der Waals surface area contributed by atoms with E-state index >= 15 is 0 Å². The van der Waals surface area contributed by atoms with Crippen LogP contribution in [-0.4, -0.2) is 21.8 Å². The Morgan fingerprint density at radius 2 is 1.72 bits per heavy atom. The van der Waals surface area contributed by atoms with Crippen LogP contribution in [0.25, 0.3) is 21.3 Å². The Morgan fingerprint density at radius 1 is 0.960 bits per heavy atom. The van der Waals surface area contributed by atoms with E-state index in [-0.39, 0.29) is 12.2 Å². The lowest BCUT2D eigenvalue weighted by molar-refractivity contribution is -0.137. The zero-order chi connectivity index (χ0) is 17.6. The number of ketones is 1. The Labute approximate surface area is 150 Å². The van der Waals surface area contributed by atoms with Gasteiger partial charge in [0.05, 0.1) is 16.6 Å². The van der Waals surface area contributed by atoms with Gasteiger partial charge >= 0.3 is 5.97 Å². The summed E-state index contributed by atoms with van der Waals surface area (Å²) in [6, 6.07) is 16.3. The van der Waals surface area contributed by atoms with Gasteiger partial charge in [-0.05, 0) is 36.1 Å². The molecule has 0 bridgehead atoms. The second kappa shape index (κ2) is 8.03. The van der Waals surface area contributed by atoms with E-state index in [1.165, 1.54) is 0 Å². The zero-order valence-corrected chi connectivity index (χ0v) is 14.6. The van der Waals surface area contributed by atoms with Crippen molar-refractivity contribution in [1.29, 1.82) is 0 Å². The van der Waals surface area contributed by atoms with Crippen molar-refractivity contribution in [3.63, 3.8) is 0 Å². The fourth-order valence-electron chi connectivity index (χ4n) is 2.71. The molecule has 0 atom stereocenters. The van der Waals surface area contributed by atoms with Gasteiger partial charge < -0.3 is 5.11 Å². The molecule has 0 spiro atoms. The molecule has 0 fully saturated rings. The minimum absolute atomic E-state index is 0.118. The highest BCUT2D eigenvalue weighted by atomic mass is 32.1. The van der Waals surface area contributed by atoms with Crippen molar-refractivity contribution in [1.82, 2.24) is 4.98 Å². The largest absolute Gasteiger partial charge is 0.481 e. The second-order valence-electron chi connectivity index (χ2n) is 5.97. The van der Waals surface area contributed by atoms with Crippen LogP contribution in [0.5, 0.6) is 0 Å². The average molecular weight is 353 g/mol. The molecular formula is C20H19NO3S. The molecule has 5 heteroatoms. The monoisotopic (exact) mass is 353 g/mol. The molecule has 1 N–H and O–H groups in total. The maximum absolute atomic E-state index is 12.0. The Balaban J connectivity index is 1.65. The van der Waals surface area contributed by atoms with Gasteiger partial charge in [0.2, 0.25) is 0 Å². The first-order chi connectivity index (χ1) is 12.1. The molecule has 3 rings (SSSR count). The van der Waals surface area contributed by atoms with E-state index in [0.717, 1.165) is 26.4 Å². The summed E-state index contributed by atoms with van der Waals surface area (Å²) < 4.78 is 1.08. The Bertz CT molecular complexity index is 886. The number of carbonyl (C=O) groups is 2. The second-order valence-corrected chi connectivity index (χ2v) is 7.09. The summed E-state index contributed by atoms with van der Waals surface area (Å²) >= 11 is 1.55. The molecule has 3 aromatic rings. The summed E-state index contributed by atoms with van der Waals surface area (Å²) in [4.78, 5) is 27.1. The van der Waals surface area contributed by atoms with Gasteiger partial charge in [-0.25, -0.2) is 4.98 Å². The number of benzene rings is 2. The number of hydrogen-bond donors (Lipinski definition) is 1. The molecule has 4 nitrogen and oxygen atoms in total. The van der Waals surface area contributed by atoms with Gasteiger partial charge in [0.15, 0.2) is 0 Å². The molecule has 1 aromatic heterocycles. The van der Waals surface area contributed by atoms with Gasteiger partial charge in [-0.3, -0.25) is 9.59 Å². The number of fused-ring (bicyclic) bond motifs is 1. The van der Waals surface area contributed by atoms with Gasteiger partial charge in [-0.1, -0.05) is 36.4 Å². The molecule has 0 saturated heterocycles. The van der Waals surface area contributed by atoms with Crippen LogP contribution in [0, 0.1) is 0 Å². The number of Topliss-reactive ketones (excluding diaryl/α,β-unsaturated/α-hetero) is 1. The molecule has 0 radical (unpaired) electrons. The molecule has 1 heterocycles. The highest BCUT2D eigenvalue weighted by Crippen LogP contribution is 2.28. The van der Waals surface area contributed by atoms with E-state index < -0.39 is 5.97 Å². The predicted molar refractivity (Wildman–Crippen MR) is 99.9 cm³/mol. The number of nitrogens with zero attached hydrogens (tertiary/aromatic N) is 1. The third kappa shape index (κ3) is 4.73. The summed E-state index contributed by atoms with van der Waals surface area (Å²) in [7, 11) is 0. The highest BCUT2D eigenvalue weighted by Gasteiger charge is 2.10. The summed E-state index contributed by atoms with van der Waals surface area (Å²) in [6.45, 7) is 0. The van der Waals surface area contributed by atoms with Crippen molar-refractivity contribution >= 4 is 33.3 Å². The fourth-order valence-corrected chi connectivity index (χ4v) is 3.75. The van der Waals surface area contributed by atoms with Crippen LogP contribution in [0.15, 0.2) is 48.5 Å². The standard InChI is InChI=1S/C20H19NO3S/c22-16(8-4-5-9-20(23)24)13-19-21-17-11-10-15(12-18(17)25-19)14-6-2-1-3-7-14/h1-3,6-7,10-12H,4-5,8-9,13H2,(H,23,24). The summed E-state index contributed by atoms with van der Waals surface area (Å²) in [5.74, 6) is -0.694. The minimum Gasteiger partial charge on any atom is -0.481 e. The molecular weight excluding hydrogens is 334 g/mol. The van der Waals surface area contributed by atoms with Crippen molar-refractivity contribution < 1.29 is 14.7 Å². The lowest BCUT2D eigenvalue weighted by Gasteiger charge is -2.00. The van der Waals surface area contributed by atoms with Crippen LogP contribution in [0.1, 0.15) is 30.7 Å².